The van der Waals surface area contributed by atoms with Crippen molar-refractivity contribution >= 4 is 5.69 Å². The largest absolute Gasteiger partial charge is 0.748 e. The molecule has 3 aromatic carbocycles. The fourth-order valence-electron chi connectivity index (χ4n) is 1.98. The summed E-state index contributed by atoms with van der Waals surface area (Å²) in [6.45, 7) is 0. The number of benzene rings is 1. The van der Waals surface area contributed by atoms with E-state index in [0.717, 1.165) is 0 Å². The van der Waals surface area contributed by atoms with Crippen LogP contribution < -0.4 is 4.90 Å². The van der Waals surface area contributed by atoms with Crippen molar-refractivity contribution in [2.75, 3.05) is 19.0 Å². The summed E-state index contributed by atoms with van der Waals surface area (Å²) in [4.78, 5) is 2.14. The van der Waals surface area contributed by atoms with Crippen LogP contribution in [-0.4, -0.2) is 14.1 Å². The first-order chi connectivity index (χ1) is 9.29. The molecule has 20 heavy (non-hydrogen) atoms. The summed E-state index contributed by atoms with van der Waals surface area (Å²) in [5.74, 6) is 0. The second-order valence-corrected chi connectivity index (χ2v) is 4.55. The standard InChI is InChI=1S/C13H14N.C5H5.Fe/c1-14(2)13-10-6-9-12(13)11-7-4-3-5-8-11;1-2-4-5-3-1;/h3-10H,1-2H3;1-5H;/q-1;-5;. The summed E-state index contributed by atoms with van der Waals surface area (Å²) in [6.07, 6.45) is 0. The minimum atomic E-state index is 0. The molecule has 0 unspecified atom stereocenters. The topological polar surface area (TPSA) is 3.24 Å². The van der Waals surface area contributed by atoms with Crippen molar-refractivity contribution in [3.63, 3.8) is 0 Å². The molecule has 0 heterocycles. The molecule has 0 saturated carbocycles. The molecule has 2 heteroatoms. The van der Waals surface area contributed by atoms with Crippen molar-refractivity contribution in [1.82, 2.24) is 0 Å². The van der Waals surface area contributed by atoms with Gasteiger partial charge in [0.1, 0.15) is 0 Å². The van der Waals surface area contributed by atoms with Crippen LogP contribution in [0.25, 0.3) is 11.1 Å². The Bertz CT molecular complexity index is 547. The zero-order chi connectivity index (χ0) is 13.5. The average Bonchev–Trinajstić information content (AvgIpc) is 3.14. The van der Waals surface area contributed by atoms with Crippen molar-refractivity contribution < 1.29 is 17.1 Å². The molecule has 0 aromatic heterocycles. The van der Waals surface area contributed by atoms with Gasteiger partial charge in [0, 0.05) is 17.1 Å². The van der Waals surface area contributed by atoms with Crippen LogP contribution in [0, 0.1) is 0 Å². The minimum absolute atomic E-state index is 0. The summed E-state index contributed by atoms with van der Waals surface area (Å²) in [6, 6.07) is 26.9. The molecule has 0 bridgehead atoms. The van der Waals surface area contributed by atoms with Crippen molar-refractivity contribution in [3.8, 4) is 11.1 Å². The number of anilines is 1. The van der Waals surface area contributed by atoms with Crippen molar-refractivity contribution in [1.29, 1.82) is 0 Å². The van der Waals surface area contributed by atoms with E-state index in [2.05, 4.69) is 61.5 Å². The molecule has 0 amide bonds. The number of nitrogens with zero attached hydrogens (tertiary/aromatic N) is 1. The van der Waals surface area contributed by atoms with Crippen LogP contribution in [0.1, 0.15) is 0 Å². The molecule has 0 fully saturated rings. The van der Waals surface area contributed by atoms with Gasteiger partial charge < -0.3 is 35.2 Å². The third-order valence-electron chi connectivity index (χ3n) is 2.92. The molecule has 0 aliphatic rings. The van der Waals surface area contributed by atoms with E-state index in [0.29, 0.717) is 0 Å². The van der Waals surface area contributed by atoms with Crippen molar-refractivity contribution in [2.24, 2.45) is 0 Å². The van der Waals surface area contributed by atoms with Gasteiger partial charge in [-0.2, -0.15) is 12.1 Å². The maximum Gasteiger partial charge on any atom is 0 e. The average molecular weight is 305 g/mol. The SMILES string of the molecule is CN(C)[c-]1cccc1-c1ccccc1.[Fe].[cH-]1[cH-][cH-][cH-][cH-]1. The number of hydrogen-bond acceptors (Lipinski definition) is 1. The van der Waals surface area contributed by atoms with E-state index >= 15 is 0 Å². The Morgan fingerprint density at radius 1 is 0.800 bits per heavy atom. The Morgan fingerprint density at radius 2 is 1.35 bits per heavy atom. The second-order valence-electron chi connectivity index (χ2n) is 4.55. The first kappa shape index (κ1) is 16.3. The van der Waals surface area contributed by atoms with Gasteiger partial charge in [-0.15, -0.1) is 11.6 Å². The molecule has 0 atom stereocenters. The molecule has 110 valence electrons. The van der Waals surface area contributed by atoms with Crippen molar-refractivity contribution in [2.45, 2.75) is 0 Å². The van der Waals surface area contributed by atoms with E-state index in [4.69, 9.17) is 0 Å². The molecule has 1 nitrogen and oxygen atoms in total. The predicted octanol–water partition coefficient (Wildman–Crippen LogP) is 4.54. The van der Waals surface area contributed by atoms with Gasteiger partial charge in [-0.05, 0) is 19.8 Å². The van der Waals surface area contributed by atoms with Crippen LogP contribution in [0.5, 0.6) is 0 Å². The third kappa shape index (κ3) is 4.41. The van der Waals surface area contributed by atoms with Gasteiger partial charge in [-0.3, -0.25) is 0 Å². The van der Waals surface area contributed by atoms with Crippen LogP contribution >= 0.6 is 0 Å². The second kappa shape index (κ2) is 8.42. The molecule has 0 saturated heterocycles. The number of hydrogen-bond donors (Lipinski definition) is 0. The van der Waals surface area contributed by atoms with Crippen molar-refractivity contribution in [3.05, 3.63) is 78.9 Å². The van der Waals surface area contributed by atoms with Crippen LogP contribution in [-0.2, 0) is 17.1 Å². The molecule has 0 aliphatic heterocycles. The van der Waals surface area contributed by atoms with E-state index in [1.54, 1.807) is 0 Å². The van der Waals surface area contributed by atoms with E-state index in [-0.39, 0.29) is 17.1 Å². The van der Waals surface area contributed by atoms with Gasteiger partial charge in [0.15, 0.2) is 0 Å². The molecule has 0 spiro atoms. The molecule has 3 rings (SSSR count). The summed E-state index contributed by atoms with van der Waals surface area (Å²) in [5, 5.41) is 0. The predicted molar refractivity (Wildman–Crippen MR) is 83.8 cm³/mol. The van der Waals surface area contributed by atoms with Gasteiger partial charge in [-0.25, -0.2) is 0 Å². The maximum absolute atomic E-state index is 2.16. The normalized spacial score (nSPS) is 9.10. The fraction of sp³-hybridized carbons (Fsp3) is 0.111. The summed E-state index contributed by atoms with van der Waals surface area (Å²) < 4.78 is 0. The molecule has 0 radical (unpaired) electrons. The van der Waals surface area contributed by atoms with E-state index in [1.165, 1.54) is 16.8 Å². The molecule has 0 aliphatic carbocycles. The maximum atomic E-state index is 2.16. The zero-order valence-corrected chi connectivity index (χ0v) is 12.9. The minimum Gasteiger partial charge on any atom is -0.748 e. The Hall–Kier alpha value is -1.76. The smallest absolute Gasteiger partial charge is 0 e. The monoisotopic (exact) mass is 305 g/mol. The Kier molecular flexibility index (Phi) is 6.86. The van der Waals surface area contributed by atoms with Gasteiger partial charge in [0.25, 0.3) is 0 Å². The van der Waals surface area contributed by atoms with Gasteiger partial charge in [-0.1, -0.05) is 35.9 Å². The Balaban J connectivity index is 0.000000283. The summed E-state index contributed by atoms with van der Waals surface area (Å²) in [7, 11) is 4.14. The Morgan fingerprint density at radius 3 is 1.85 bits per heavy atom. The van der Waals surface area contributed by atoms with Gasteiger partial charge in [0.05, 0.1) is 0 Å². The van der Waals surface area contributed by atoms with E-state index in [9.17, 15) is 0 Å². The molecule has 0 N–H and O–H groups in total. The van der Waals surface area contributed by atoms with Gasteiger partial charge >= 0.3 is 0 Å². The number of rotatable bonds is 2. The van der Waals surface area contributed by atoms with Crippen LogP contribution in [0.15, 0.2) is 78.9 Å². The third-order valence-corrected chi connectivity index (χ3v) is 2.92. The zero-order valence-electron chi connectivity index (χ0n) is 11.8. The Labute approximate surface area is 132 Å². The van der Waals surface area contributed by atoms with E-state index in [1.807, 2.05) is 36.4 Å². The van der Waals surface area contributed by atoms with E-state index < -0.39 is 0 Å². The summed E-state index contributed by atoms with van der Waals surface area (Å²) in [5.41, 5.74) is 3.85. The molecule has 3 aromatic rings. The van der Waals surface area contributed by atoms with Crippen LogP contribution in [0.2, 0.25) is 0 Å². The summed E-state index contributed by atoms with van der Waals surface area (Å²) >= 11 is 0. The van der Waals surface area contributed by atoms with Crippen LogP contribution in [0.3, 0.4) is 0 Å². The molecular weight excluding hydrogens is 286 g/mol. The van der Waals surface area contributed by atoms with Gasteiger partial charge in [0.2, 0.25) is 0 Å². The first-order valence-corrected chi connectivity index (χ1v) is 6.44. The first-order valence-electron chi connectivity index (χ1n) is 6.44. The van der Waals surface area contributed by atoms with Crippen LogP contribution in [0.4, 0.5) is 5.69 Å². The quantitative estimate of drug-likeness (QED) is 0.496. The molecular formula is C18H19FeN-6. The fourth-order valence-corrected chi connectivity index (χ4v) is 1.98.